The number of unbranched alkanes of at least 4 members (excludes halogenated alkanes) is 1. The SMILES string of the molecule is CCCCn1cc(C)nc1NCCc1ccncc1. The molecule has 0 aliphatic rings. The van der Waals surface area contributed by atoms with E-state index >= 15 is 0 Å². The molecule has 1 N–H and O–H groups in total. The minimum atomic E-state index is 0.895. The molecule has 2 aromatic rings. The van der Waals surface area contributed by atoms with Crippen molar-refractivity contribution in [3.8, 4) is 0 Å². The fraction of sp³-hybridized carbons (Fsp3) is 0.467. The highest BCUT2D eigenvalue weighted by atomic mass is 15.2. The predicted molar refractivity (Wildman–Crippen MR) is 78.3 cm³/mol. The first-order valence-corrected chi connectivity index (χ1v) is 6.96. The average Bonchev–Trinajstić information content (AvgIpc) is 2.78. The Morgan fingerprint density at radius 3 is 2.79 bits per heavy atom. The average molecular weight is 258 g/mol. The molecule has 0 amide bonds. The largest absolute Gasteiger partial charge is 0.355 e. The zero-order valence-corrected chi connectivity index (χ0v) is 11.8. The fourth-order valence-corrected chi connectivity index (χ4v) is 2.05. The number of anilines is 1. The summed E-state index contributed by atoms with van der Waals surface area (Å²) in [5, 5.41) is 3.42. The number of aryl methyl sites for hydroxylation is 2. The minimum absolute atomic E-state index is 0.895. The smallest absolute Gasteiger partial charge is 0.203 e. The van der Waals surface area contributed by atoms with Crippen molar-refractivity contribution in [3.05, 3.63) is 42.0 Å². The fourth-order valence-electron chi connectivity index (χ4n) is 2.05. The van der Waals surface area contributed by atoms with Crippen LogP contribution in [-0.4, -0.2) is 21.1 Å². The topological polar surface area (TPSA) is 42.7 Å². The number of rotatable bonds is 7. The van der Waals surface area contributed by atoms with Gasteiger partial charge in [0, 0.05) is 31.7 Å². The van der Waals surface area contributed by atoms with Gasteiger partial charge in [-0.1, -0.05) is 13.3 Å². The van der Waals surface area contributed by atoms with Crippen molar-refractivity contribution >= 4 is 5.95 Å². The standard InChI is InChI=1S/C15H22N4/c1-3-4-11-19-12-13(2)18-15(19)17-10-7-14-5-8-16-9-6-14/h5-6,8-9,12H,3-4,7,10-11H2,1-2H3,(H,17,18). The highest BCUT2D eigenvalue weighted by Crippen LogP contribution is 2.10. The van der Waals surface area contributed by atoms with E-state index in [1.54, 1.807) is 0 Å². The van der Waals surface area contributed by atoms with E-state index in [9.17, 15) is 0 Å². The van der Waals surface area contributed by atoms with E-state index in [0.29, 0.717) is 0 Å². The summed E-state index contributed by atoms with van der Waals surface area (Å²) in [6.45, 7) is 6.18. The lowest BCUT2D eigenvalue weighted by Crippen LogP contribution is -2.10. The van der Waals surface area contributed by atoms with Crippen molar-refractivity contribution in [3.63, 3.8) is 0 Å². The molecule has 0 spiro atoms. The molecular formula is C15H22N4. The van der Waals surface area contributed by atoms with Crippen LogP contribution in [0.2, 0.25) is 0 Å². The van der Waals surface area contributed by atoms with Crippen LogP contribution in [0.4, 0.5) is 5.95 Å². The Morgan fingerprint density at radius 2 is 2.05 bits per heavy atom. The van der Waals surface area contributed by atoms with E-state index < -0.39 is 0 Å². The van der Waals surface area contributed by atoms with E-state index in [1.807, 2.05) is 19.3 Å². The van der Waals surface area contributed by atoms with Crippen LogP contribution in [0.25, 0.3) is 0 Å². The first-order valence-electron chi connectivity index (χ1n) is 6.96. The summed E-state index contributed by atoms with van der Waals surface area (Å²) in [5.74, 6) is 0.986. The van der Waals surface area contributed by atoms with E-state index in [4.69, 9.17) is 0 Å². The van der Waals surface area contributed by atoms with Gasteiger partial charge in [0.25, 0.3) is 0 Å². The van der Waals surface area contributed by atoms with Crippen LogP contribution in [0.1, 0.15) is 31.0 Å². The monoisotopic (exact) mass is 258 g/mol. The molecule has 0 radical (unpaired) electrons. The van der Waals surface area contributed by atoms with Gasteiger partial charge in [0.2, 0.25) is 5.95 Å². The number of imidazole rings is 1. The second-order valence-electron chi connectivity index (χ2n) is 4.79. The number of nitrogens with zero attached hydrogens (tertiary/aromatic N) is 3. The van der Waals surface area contributed by atoms with Gasteiger partial charge in [-0.3, -0.25) is 4.98 Å². The van der Waals surface area contributed by atoms with Crippen molar-refractivity contribution in [2.24, 2.45) is 0 Å². The van der Waals surface area contributed by atoms with E-state index in [-0.39, 0.29) is 0 Å². The molecule has 0 bridgehead atoms. The molecule has 4 nitrogen and oxygen atoms in total. The van der Waals surface area contributed by atoms with Crippen LogP contribution >= 0.6 is 0 Å². The Hall–Kier alpha value is -1.84. The Morgan fingerprint density at radius 1 is 1.26 bits per heavy atom. The van der Waals surface area contributed by atoms with Crippen LogP contribution < -0.4 is 5.32 Å². The maximum Gasteiger partial charge on any atom is 0.203 e. The van der Waals surface area contributed by atoms with Gasteiger partial charge in [0.1, 0.15) is 0 Å². The van der Waals surface area contributed by atoms with Gasteiger partial charge in [-0.2, -0.15) is 0 Å². The second-order valence-corrected chi connectivity index (χ2v) is 4.79. The molecular weight excluding hydrogens is 236 g/mol. The van der Waals surface area contributed by atoms with Gasteiger partial charge >= 0.3 is 0 Å². The maximum atomic E-state index is 4.53. The lowest BCUT2D eigenvalue weighted by Gasteiger charge is -2.09. The Bertz CT molecular complexity index is 490. The molecule has 19 heavy (non-hydrogen) atoms. The van der Waals surface area contributed by atoms with E-state index in [2.05, 4.69) is 45.1 Å². The molecule has 0 atom stereocenters. The molecule has 0 aliphatic heterocycles. The van der Waals surface area contributed by atoms with Crippen molar-refractivity contribution in [1.82, 2.24) is 14.5 Å². The van der Waals surface area contributed by atoms with Gasteiger partial charge in [-0.25, -0.2) is 4.98 Å². The van der Waals surface area contributed by atoms with E-state index in [1.165, 1.54) is 18.4 Å². The second kappa shape index (κ2) is 6.92. The first-order chi connectivity index (χ1) is 9.29. The van der Waals surface area contributed by atoms with Gasteiger partial charge in [-0.05, 0) is 37.5 Å². The molecule has 4 heteroatoms. The Balaban J connectivity index is 1.88. The molecule has 102 valence electrons. The normalized spacial score (nSPS) is 10.6. The number of hydrogen-bond acceptors (Lipinski definition) is 3. The zero-order chi connectivity index (χ0) is 13.5. The maximum absolute atomic E-state index is 4.53. The molecule has 2 aromatic heterocycles. The summed E-state index contributed by atoms with van der Waals surface area (Å²) in [6, 6.07) is 4.10. The van der Waals surface area contributed by atoms with Crippen LogP contribution in [0.3, 0.4) is 0 Å². The van der Waals surface area contributed by atoms with Gasteiger partial charge < -0.3 is 9.88 Å². The summed E-state index contributed by atoms with van der Waals surface area (Å²) in [5.41, 5.74) is 2.37. The van der Waals surface area contributed by atoms with Crippen molar-refractivity contribution in [1.29, 1.82) is 0 Å². The third kappa shape index (κ3) is 4.09. The Labute approximate surface area is 114 Å². The summed E-state index contributed by atoms with van der Waals surface area (Å²) < 4.78 is 2.21. The van der Waals surface area contributed by atoms with Crippen molar-refractivity contribution in [2.75, 3.05) is 11.9 Å². The van der Waals surface area contributed by atoms with Gasteiger partial charge in [0.05, 0.1) is 5.69 Å². The molecule has 2 heterocycles. The number of pyridine rings is 1. The summed E-state index contributed by atoms with van der Waals surface area (Å²) in [6.07, 6.45) is 9.17. The van der Waals surface area contributed by atoms with Gasteiger partial charge in [0.15, 0.2) is 0 Å². The summed E-state index contributed by atoms with van der Waals surface area (Å²) in [4.78, 5) is 8.56. The zero-order valence-electron chi connectivity index (χ0n) is 11.8. The summed E-state index contributed by atoms with van der Waals surface area (Å²) >= 11 is 0. The number of aromatic nitrogens is 3. The quantitative estimate of drug-likeness (QED) is 0.830. The minimum Gasteiger partial charge on any atom is -0.355 e. The van der Waals surface area contributed by atoms with Gasteiger partial charge in [-0.15, -0.1) is 0 Å². The molecule has 0 aliphatic carbocycles. The molecule has 0 fully saturated rings. The lowest BCUT2D eigenvalue weighted by molar-refractivity contribution is 0.634. The van der Waals surface area contributed by atoms with Crippen LogP contribution in [-0.2, 0) is 13.0 Å². The number of nitrogens with one attached hydrogen (secondary N) is 1. The molecule has 0 aromatic carbocycles. The summed E-state index contributed by atoms with van der Waals surface area (Å²) in [7, 11) is 0. The van der Waals surface area contributed by atoms with E-state index in [0.717, 1.165) is 31.2 Å². The third-order valence-corrected chi connectivity index (χ3v) is 3.10. The molecule has 2 rings (SSSR count). The number of hydrogen-bond donors (Lipinski definition) is 1. The third-order valence-electron chi connectivity index (χ3n) is 3.10. The van der Waals surface area contributed by atoms with Crippen LogP contribution in [0.15, 0.2) is 30.7 Å². The molecule has 0 unspecified atom stereocenters. The van der Waals surface area contributed by atoms with Crippen LogP contribution in [0, 0.1) is 6.92 Å². The highest BCUT2D eigenvalue weighted by Gasteiger charge is 2.04. The van der Waals surface area contributed by atoms with Crippen molar-refractivity contribution in [2.45, 2.75) is 39.7 Å². The Kier molecular flexibility index (Phi) is 4.95. The highest BCUT2D eigenvalue weighted by molar-refractivity contribution is 5.29. The molecule has 0 saturated heterocycles. The van der Waals surface area contributed by atoms with Crippen LogP contribution in [0.5, 0.6) is 0 Å². The predicted octanol–water partition coefficient (Wildman–Crippen LogP) is 3.04. The lowest BCUT2D eigenvalue weighted by atomic mass is 10.2. The van der Waals surface area contributed by atoms with Crippen molar-refractivity contribution < 1.29 is 0 Å². The molecule has 0 saturated carbocycles. The first kappa shape index (κ1) is 13.6.